The van der Waals surface area contributed by atoms with Crippen molar-refractivity contribution in [3.8, 4) is 0 Å². The monoisotopic (exact) mass is 1430 g/mol. The molecular formula is C81H142O16P2. The molecule has 0 spiro atoms. The third kappa shape index (κ3) is 75.2. The SMILES string of the molecule is CC/C=C\C/C=C\C/C=C\C/C=C\CCCCCCC(=O)OCC(COP(=O)(O)OCC(O)COP(=O)(O)OCC(O)COC(=O)CCCCCCCCCCCCCCCCCCC/C=C\C/C=C\C/C=C\C/C=C\CCCCC)OC(=O)CCCCCCC/C=C\CCCCCC. The number of aliphatic hydroxyl groups is 2. The Balaban J connectivity index is 4.39. The normalized spacial score (nSPS) is 14.6. The summed E-state index contributed by atoms with van der Waals surface area (Å²) in [4.78, 5) is 58.5. The molecule has 0 aromatic rings. The maximum atomic E-state index is 12.9. The molecule has 4 N–H and O–H groups in total. The van der Waals surface area contributed by atoms with Crippen LogP contribution in [0.4, 0.5) is 0 Å². The second-order valence-electron chi connectivity index (χ2n) is 26.1. The van der Waals surface area contributed by atoms with Crippen LogP contribution >= 0.6 is 15.6 Å². The van der Waals surface area contributed by atoms with Gasteiger partial charge in [0.25, 0.3) is 0 Å². The first-order chi connectivity index (χ1) is 48.2. The van der Waals surface area contributed by atoms with Gasteiger partial charge in [0, 0.05) is 19.3 Å². The minimum Gasteiger partial charge on any atom is -0.463 e. The molecule has 572 valence electrons. The summed E-state index contributed by atoms with van der Waals surface area (Å²) in [6.45, 7) is 2.50. The zero-order chi connectivity index (χ0) is 72.3. The van der Waals surface area contributed by atoms with Gasteiger partial charge < -0.3 is 34.2 Å². The summed E-state index contributed by atoms with van der Waals surface area (Å²) in [7, 11) is -9.79. The van der Waals surface area contributed by atoms with Crippen LogP contribution in [0.15, 0.2) is 109 Å². The van der Waals surface area contributed by atoms with Crippen LogP contribution in [-0.2, 0) is 55.8 Å². The molecule has 0 amide bonds. The van der Waals surface area contributed by atoms with Gasteiger partial charge in [-0.3, -0.25) is 32.5 Å². The highest BCUT2D eigenvalue weighted by Gasteiger charge is 2.29. The lowest BCUT2D eigenvalue weighted by molar-refractivity contribution is -0.161. The van der Waals surface area contributed by atoms with Gasteiger partial charge in [0.2, 0.25) is 0 Å². The molecule has 0 aromatic heterocycles. The first-order valence-electron chi connectivity index (χ1n) is 39.2. The lowest BCUT2D eigenvalue weighted by Crippen LogP contribution is -2.30. The topological polar surface area (TPSA) is 231 Å². The van der Waals surface area contributed by atoms with Gasteiger partial charge >= 0.3 is 33.6 Å². The maximum absolute atomic E-state index is 12.9. The quantitative estimate of drug-likeness (QED) is 0.0146. The van der Waals surface area contributed by atoms with Crippen LogP contribution in [-0.4, -0.2) is 95.9 Å². The van der Waals surface area contributed by atoms with Crippen LogP contribution in [0, 0.1) is 0 Å². The first kappa shape index (κ1) is 95.2. The number of hydrogen-bond donors (Lipinski definition) is 4. The highest BCUT2D eigenvalue weighted by molar-refractivity contribution is 7.47. The summed E-state index contributed by atoms with van der Waals surface area (Å²) in [6.07, 6.45) is 85.9. The molecule has 0 saturated heterocycles. The van der Waals surface area contributed by atoms with Crippen molar-refractivity contribution in [2.24, 2.45) is 0 Å². The first-order valence-corrected chi connectivity index (χ1v) is 42.2. The third-order valence-corrected chi connectivity index (χ3v) is 18.4. The van der Waals surface area contributed by atoms with Gasteiger partial charge in [-0.15, -0.1) is 0 Å². The highest BCUT2D eigenvalue weighted by Crippen LogP contribution is 2.45. The van der Waals surface area contributed by atoms with E-state index in [0.29, 0.717) is 19.3 Å². The zero-order valence-corrected chi connectivity index (χ0v) is 64.2. The van der Waals surface area contributed by atoms with E-state index in [1.54, 1.807) is 0 Å². The summed E-state index contributed by atoms with van der Waals surface area (Å²) in [5, 5.41) is 20.6. The molecule has 0 aliphatic rings. The second-order valence-corrected chi connectivity index (χ2v) is 29.0. The fourth-order valence-electron chi connectivity index (χ4n) is 10.5. The van der Waals surface area contributed by atoms with Gasteiger partial charge in [0.1, 0.15) is 25.4 Å². The van der Waals surface area contributed by atoms with Crippen LogP contribution in [0.1, 0.15) is 329 Å². The van der Waals surface area contributed by atoms with Crippen molar-refractivity contribution in [2.45, 2.75) is 347 Å². The fourth-order valence-corrected chi connectivity index (χ4v) is 12.1. The van der Waals surface area contributed by atoms with Crippen molar-refractivity contribution in [3.63, 3.8) is 0 Å². The number of phosphoric ester groups is 2. The minimum atomic E-state index is -4.93. The lowest BCUT2D eigenvalue weighted by Gasteiger charge is -2.21. The number of aliphatic hydroxyl groups excluding tert-OH is 2. The molecule has 0 saturated carbocycles. The largest absolute Gasteiger partial charge is 0.472 e. The fraction of sp³-hybridized carbons (Fsp3) is 0.741. The zero-order valence-electron chi connectivity index (χ0n) is 62.4. The number of esters is 3. The van der Waals surface area contributed by atoms with Crippen molar-refractivity contribution in [1.29, 1.82) is 0 Å². The Hall–Kier alpha value is -3.79. The summed E-state index contributed by atoms with van der Waals surface area (Å²) >= 11 is 0. The number of phosphoric acid groups is 2. The van der Waals surface area contributed by atoms with Gasteiger partial charge in [-0.1, -0.05) is 291 Å². The predicted octanol–water partition coefficient (Wildman–Crippen LogP) is 22.8. The van der Waals surface area contributed by atoms with Crippen molar-refractivity contribution in [1.82, 2.24) is 0 Å². The number of rotatable bonds is 74. The maximum Gasteiger partial charge on any atom is 0.472 e. The molecule has 0 fully saturated rings. The molecule has 0 aliphatic carbocycles. The Morgan fingerprint density at radius 3 is 0.879 bits per heavy atom. The van der Waals surface area contributed by atoms with Crippen LogP contribution in [0.3, 0.4) is 0 Å². The number of hydrogen-bond acceptors (Lipinski definition) is 14. The van der Waals surface area contributed by atoms with Crippen molar-refractivity contribution in [3.05, 3.63) is 109 Å². The molecular weight excluding hydrogens is 1290 g/mol. The number of carbonyl (C=O) groups is 3. The van der Waals surface area contributed by atoms with Crippen molar-refractivity contribution in [2.75, 3.05) is 39.6 Å². The Labute approximate surface area is 602 Å². The van der Waals surface area contributed by atoms with Crippen LogP contribution in [0.2, 0.25) is 0 Å². The second kappa shape index (κ2) is 73.9. The molecule has 99 heavy (non-hydrogen) atoms. The Kier molecular flexibility index (Phi) is 71.1. The lowest BCUT2D eigenvalue weighted by atomic mass is 10.0. The summed E-state index contributed by atoms with van der Waals surface area (Å²) in [5.41, 5.74) is 0. The van der Waals surface area contributed by atoms with Crippen LogP contribution in [0.25, 0.3) is 0 Å². The molecule has 0 bridgehead atoms. The van der Waals surface area contributed by atoms with Crippen LogP contribution < -0.4 is 0 Å². The van der Waals surface area contributed by atoms with E-state index >= 15 is 0 Å². The molecule has 18 heteroatoms. The van der Waals surface area contributed by atoms with E-state index < -0.39 is 91.5 Å². The van der Waals surface area contributed by atoms with Gasteiger partial charge in [-0.25, -0.2) is 9.13 Å². The number of ether oxygens (including phenoxy) is 3. The Morgan fingerprint density at radius 1 is 0.293 bits per heavy atom. The molecule has 5 unspecified atom stereocenters. The average molecular weight is 1430 g/mol. The molecule has 0 aromatic carbocycles. The smallest absolute Gasteiger partial charge is 0.463 e. The molecule has 5 atom stereocenters. The predicted molar refractivity (Wildman–Crippen MR) is 408 cm³/mol. The van der Waals surface area contributed by atoms with Gasteiger partial charge in [-0.2, -0.15) is 0 Å². The van der Waals surface area contributed by atoms with Crippen molar-refractivity contribution < 1.29 is 75.8 Å². The van der Waals surface area contributed by atoms with E-state index in [9.17, 15) is 43.5 Å². The summed E-state index contributed by atoms with van der Waals surface area (Å²) in [6, 6.07) is 0. The third-order valence-electron chi connectivity index (χ3n) is 16.5. The summed E-state index contributed by atoms with van der Waals surface area (Å²) < 4.78 is 61.0. The standard InChI is InChI=1S/C81H142O16P2/c1-4-7-10-13-16-19-22-25-27-29-30-31-32-33-34-35-36-37-38-39-40-41-42-43-44-46-48-50-52-55-58-61-64-67-79(84)91-70-76(82)71-93-98(87,88)94-72-77(83)73-95-99(89,90)96-75-78(97-81(86)69-66-63-60-57-54-49-24-21-18-15-12-9-6-3)74-92-80(85)68-65-62-59-56-53-51-47-45-28-26-23-20-17-14-11-8-5-2/h8,11,16-17,19-21,24-28,30-31,33-34,47,51,76-78,82-83H,4-7,9-10,12-15,18,22-23,29,32,35-46,48-50,52-75H2,1-3H3,(H,87,88)(H,89,90)/b11-8-,19-16-,20-17-,24-21-,27-25-,28-26-,31-30-,34-33-,51-47-. The molecule has 16 nitrogen and oxygen atoms in total. The molecule has 0 heterocycles. The molecule has 0 aliphatic heterocycles. The van der Waals surface area contributed by atoms with E-state index in [-0.39, 0.29) is 19.3 Å². The van der Waals surface area contributed by atoms with E-state index in [0.717, 1.165) is 128 Å². The van der Waals surface area contributed by atoms with E-state index in [1.807, 2.05) is 0 Å². The highest BCUT2D eigenvalue weighted by atomic mass is 31.2. The van der Waals surface area contributed by atoms with E-state index in [1.165, 1.54) is 141 Å². The molecule has 0 radical (unpaired) electrons. The number of carbonyl (C=O) groups excluding carboxylic acids is 3. The van der Waals surface area contributed by atoms with Gasteiger partial charge in [0.15, 0.2) is 6.10 Å². The average Bonchev–Trinajstić information content (AvgIpc) is 1.05. The van der Waals surface area contributed by atoms with Crippen molar-refractivity contribution >= 4 is 33.6 Å². The van der Waals surface area contributed by atoms with E-state index in [4.69, 9.17) is 32.3 Å². The van der Waals surface area contributed by atoms with Gasteiger partial charge in [0.05, 0.1) is 26.4 Å². The Bertz CT molecular complexity index is 2240. The molecule has 0 rings (SSSR count). The Morgan fingerprint density at radius 2 is 0.535 bits per heavy atom. The summed E-state index contributed by atoms with van der Waals surface area (Å²) in [5.74, 6) is -1.61. The van der Waals surface area contributed by atoms with Gasteiger partial charge in [-0.05, 0) is 128 Å². The van der Waals surface area contributed by atoms with E-state index in [2.05, 4.69) is 130 Å². The minimum absolute atomic E-state index is 0.0883. The van der Waals surface area contributed by atoms with Crippen LogP contribution in [0.5, 0.6) is 0 Å². The number of allylic oxidation sites excluding steroid dienone is 18. The number of unbranched alkanes of at least 4 members (excludes halogenated alkanes) is 33.